The third kappa shape index (κ3) is 4.40. The van der Waals surface area contributed by atoms with Gasteiger partial charge in [-0.2, -0.15) is 4.68 Å². The lowest BCUT2D eigenvalue weighted by molar-refractivity contribution is 0.0746. The van der Waals surface area contributed by atoms with Crippen molar-refractivity contribution < 1.29 is 13.2 Å². The molecule has 0 radical (unpaired) electrons. The first-order valence-electron chi connectivity index (χ1n) is 9.36. The molecule has 0 saturated carbocycles. The highest BCUT2D eigenvalue weighted by Gasteiger charge is 2.25. The first-order valence-corrected chi connectivity index (χ1v) is 11.3. The van der Waals surface area contributed by atoms with E-state index in [0.29, 0.717) is 43.4 Å². The number of sulfonamides is 1. The Morgan fingerprint density at radius 3 is 2.43 bits per heavy atom. The normalized spacial score (nSPS) is 14.6. The fourth-order valence-corrected chi connectivity index (χ4v) is 3.89. The number of tetrazole rings is 1. The maximum Gasteiger partial charge on any atom is 0.254 e. The quantitative estimate of drug-likeness (QED) is 0.646. The minimum atomic E-state index is -3.41. The van der Waals surface area contributed by atoms with Gasteiger partial charge in [0.05, 0.1) is 11.9 Å². The zero-order valence-electron chi connectivity index (χ0n) is 16.3. The number of amides is 1. The fraction of sp³-hybridized carbons (Fsp3) is 0.263. The summed E-state index contributed by atoms with van der Waals surface area (Å²) in [6.45, 7) is 2.18. The molecule has 0 unspecified atom stereocenters. The standard InChI is InChI=1S/C19H21N7O3S/c1-30(28,29)21-16-7-5-6-15(14-16)18(27)24-10-12-25(13-11-24)19-20-22-23-26(19)17-8-3-2-4-9-17/h2-9,14,21H,10-13H2,1H3. The van der Waals surface area contributed by atoms with Gasteiger partial charge < -0.3 is 9.80 Å². The van der Waals surface area contributed by atoms with E-state index >= 15 is 0 Å². The number of aromatic nitrogens is 4. The summed E-state index contributed by atoms with van der Waals surface area (Å²) >= 11 is 0. The Balaban J connectivity index is 1.44. The molecular formula is C19H21N7O3S. The molecule has 1 fully saturated rings. The predicted octanol–water partition coefficient (Wildman–Crippen LogP) is 0.996. The molecule has 0 atom stereocenters. The third-order valence-electron chi connectivity index (χ3n) is 4.72. The van der Waals surface area contributed by atoms with Crippen LogP contribution < -0.4 is 9.62 Å². The second kappa shape index (κ2) is 8.11. The van der Waals surface area contributed by atoms with Crippen molar-refractivity contribution in [2.45, 2.75) is 0 Å². The number of benzene rings is 2. The highest BCUT2D eigenvalue weighted by molar-refractivity contribution is 7.92. The SMILES string of the molecule is CS(=O)(=O)Nc1cccc(C(=O)N2CCN(c3nnnn3-c3ccccc3)CC2)c1. The molecule has 0 aliphatic carbocycles. The van der Waals surface area contributed by atoms with Crippen LogP contribution in [-0.2, 0) is 10.0 Å². The molecule has 1 N–H and O–H groups in total. The minimum absolute atomic E-state index is 0.144. The highest BCUT2D eigenvalue weighted by Crippen LogP contribution is 2.19. The van der Waals surface area contributed by atoms with Crippen molar-refractivity contribution in [3.8, 4) is 5.69 Å². The lowest BCUT2D eigenvalue weighted by Gasteiger charge is -2.34. The molecule has 2 aromatic carbocycles. The van der Waals surface area contributed by atoms with Crippen LogP contribution in [0.5, 0.6) is 0 Å². The van der Waals surface area contributed by atoms with Crippen LogP contribution in [0.1, 0.15) is 10.4 Å². The number of rotatable bonds is 5. The van der Waals surface area contributed by atoms with E-state index < -0.39 is 10.0 Å². The fourth-order valence-electron chi connectivity index (χ4n) is 3.34. The van der Waals surface area contributed by atoms with Crippen LogP contribution in [0.4, 0.5) is 11.6 Å². The molecule has 30 heavy (non-hydrogen) atoms. The van der Waals surface area contributed by atoms with E-state index in [2.05, 4.69) is 20.2 Å². The molecule has 10 nitrogen and oxygen atoms in total. The summed E-state index contributed by atoms with van der Waals surface area (Å²) in [5.74, 6) is 0.488. The Kier molecular flexibility index (Phi) is 5.36. The maximum absolute atomic E-state index is 12.9. The van der Waals surface area contributed by atoms with E-state index in [1.165, 1.54) is 0 Å². The molecular weight excluding hydrogens is 406 g/mol. The second-order valence-corrected chi connectivity index (χ2v) is 8.71. The summed E-state index contributed by atoms with van der Waals surface area (Å²) in [4.78, 5) is 16.7. The topological polar surface area (TPSA) is 113 Å². The van der Waals surface area contributed by atoms with Gasteiger partial charge in [-0.25, -0.2) is 8.42 Å². The predicted molar refractivity (Wildman–Crippen MR) is 112 cm³/mol. The van der Waals surface area contributed by atoms with Crippen LogP contribution in [0.3, 0.4) is 0 Å². The molecule has 1 aliphatic heterocycles. The van der Waals surface area contributed by atoms with Crippen molar-refractivity contribution in [1.82, 2.24) is 25.1 Å². The van der Waals surface area contributed by atoms with Crippen molar-refractivity contribution >= 4 is 27.6 Å². The van der Waals surface area contributed by atoms with Crippen molar-refractivity contribution in [3.05, 3.63) is 60.2 Å². The average Bonchev–Trinajstić information content (AvgIpc) is 3.23. The molecule has 4 rings (SSSR count). The molecule has 11 heteroatoms. The van der Waals surface area contributed by atoms with E-state index in [4.69, 9.17) is 0 Å². The van der Waals surface area contributed by atoms with Gasteiger partial charge in [-0.1, -0.05) is 29.4 Å². The molecule has 1 amide bonds. The van der Waals surface area contributed by atoms with Gasteiger partial charge in [0.1, 0.15) is 0 Å². The number of hydrogen-bond acceptors (Lipinski definition) is 7. The molecule has 0 bridgehead atoms. The summed E-state index contributed by atoms with van der Waals surface area (Å²) in [6, 6.07) is 16.1. The lowest BCUT2D eigenvalue weighted by Crippen LogP contribution is -2.49. The van der Waals surface area contributed by atoms with Crippen LogP contribution in [0, 0.1) is 0 Å². The van der Waals surface area contributed by atoms with Crippen LogP contribution in [-0.4, -0.2) is 71.9 Å². The Morgan fingerprint density at radius 2 is 1.73 bits per heavy atom. The van der Waals surface area contributed by atoms with Crippen molar-refractivity contribution in [2.75, 3.05) is 42.1 Å². The van der Waals surface area contributed by atoms with E-state index in [-0.39, 0.29) is 5.91 Å². The molecule has 156 valence electrons. The van der Waals surface area contributed by atoms with E-state index in [0.717, 1.165) is 11.9 Å². The number of nitrogens with zero attached hydrogens (tertiary/aromatic N) is 6. The van der Waals surface area contributed by atoms with Gasteiger partial charge in [-0.3, -0.25) is 9.52 Å². The van der Waals surface area contributed by atoms with E-state index in [1.54, 1.807) is 33.8 Å². The number of carbonyl (C=O) groups excluding carboxylic acids is 1. The van der Waals surface area contributed by atoms with Gasteiger partial charge in [0.25, 0.3) is 5.91 Å². The number of hydrogen-bond donors (Lipinski definition) is 1. The summed E-state index contributed by atoms with van der Waals surface area (Å²) in [5.41, 5.74) is 1.67. The van der Waals surface area contributed by atoms with Gasteiger partial charge in [0.2, 0.25) is 16.0 Å². The zero-order valence-corrected chi connectivity index (χ0v) is 17.2. The molecule has 1 saturated heterocycles. The number of nitrogens with one attached hydrogen (secondary N) is 1. The monoisotopic (exact) mass is 427 g/mol. The average molecular weight is 427 g/mol. The van der Waals surface area contributed by atoms with Gasteiger partial charge in [0.15, 0.2) is 0 Å². The molecule has 1 aliphatic rings. The summed E-state index contributed by atoms with van der Waals surface area (Å²) < 4.78 is 26.9. The number of para-hydroxylation sites is 1. The lowest BCUT2D eigenvalue weighted by atomic mass is 10.1. The largest absolute Gasteiger partial charge is 0.336 e. The van der Waals surface area contributed by atoms with E-state index in [9.17, 15) is 13.2 Å². The van der Waals surface area contributed by atoms with Gasteiger partial charge in [0, 0.05) is 37.4 Å². The van der Waals surface area contributed by atoms with Crippen LogP contribution in [0.25, 0.3) is 5.69 Å². The van der Waals surface area contributed by atoms with Gasteiger partial charge in [-0.05, 0) is 40.8 Å². The summed E-state index contributed by atoms with van der Waals surface area (Å²) in [6.07, 6.45) is 1.07. The smallest absolute Gasteiger partial charge is 0.254 e. The first-order chi connectivity index (χ1) is 14.4. The number of anilines is 2. The van der Waals surface area contributed by atoms with Crippen LogP contribution >= 0.6 is 0 Å². The summed E-state index contributed by atoms with van der Waals surface area (Å²) in [7, 11) is -3.41. The maximum atomic E-state index is 12.9. The Labute approximate surface area is 174 Å². The molecule has 3 aromatic rings. The second-order valence-electron chi connectivity index (χ2n) is 6.96. The van der Waals surface area contributed by atoms with Crippen LogP contribution in [0.15, 0.2) is 54.6 Å². The van der Waals surface area contributed by atoms with Gasteiger partial charge in [-0.15, -0.1) is 0 Å². The van der Waals surface area contributed by atoms with Crippen molar-refractivity contribution in [3.63, 3.8) is 0 Å². The van der Waals surface area contributed by atoms with Crippen molar-refractivity contribution in [1.29, 1.82) is 0 Å². The Bertz CT molecular complexity index is 1140. The zero-order chi connectivity index (χ0) is 21.1. The molecule has 1 aromatic heterocycles. The third-order valence-corrected chi connectivity index (χ3v) is 5.32. The first kappa shape index (κ1) is 19.8. The Hall–Kier alpha value is -3.47. The molecule has 0 spiro atoms. The van der Waals surface area contributed by atoms with Crippen LogP contribution in [0.2, 0.25) is 0 Å². The van der Waals surface area contributed by atoms with E-state index in [1.807, 2.05) is 35.2 Å². The van der Waals surface area contributed by atoms with Crippen molar-refractivity contribution in [2.24, 2.45) is 0 Å². The van der Waals surface area contributed by atoms with Gasteiger partial charge >= 0.3 is 0 Å². The number of carbonyl (C=O) groups is 1. The Morgan fingerprint density at radius 1 is 1.00 bits per heavy atom. The summed E-state index contributed by atoms with van der Waals surface area (Å²) in [5, 5.41) is 12.0. The minimum Gasteiger partial charge on any atom is -0.336 e. The number of piperazine rings is 1. The molecule has 2 heterocycles. The highest BCUT2D eigenvalue weighted by atomic mass is 32.2.